The van der Waals surface area contributed by atoms with Gasteiger partial charge in [-0.3, -0.25) is 9.58 Å². The van der Waals surface area contributed by atoms with E-state index in [2.05, 4.69) is 14.7 Å². The molecule has 2 aromatic rings. The van der Waals surface area contributed by atoms with Gasteiger partial charge in [0.1, 0.15) is 12.4 Å². The van der Waals surface area contributed by atoms with Crippen LogP contribution in [0.4, 0.5) is 0 Å². The number of hydrogen-bond donors (Lipinski definition) is 0. The maximum absolute atomic E-state index is 11.4. The van der Waals surface area contributed by atoms with Crippen molar-refractivity contribution in [2.45, 2.75) is 12.6 Å². The number of carbonyl (C=O) groups excluding carboxylic acids is 1. The number of hydrogen-bond acceptors (Lipinski definition) is 5. The third-order valence-corrected chi connectivity index (χ3v) is 4.05. The Balaban J connectivity index is 1.50. The zero-order valence-corrected chi connectivity index (χ0v) is 13.8. The third kappa shape index (κ3) is 3.83. The van der Waals surface area contributed by atoms with Crippen molar-refractivity contribution < 1.29 is 14.3 Å². The molecule has 1 aromatic heterocycles. The molecule has 0 amide bonds. The molecule has 2 heterocycles. The number of aryl methyl sites for hydroxylation is 1. The van der Waals surface area contributed by atoms with Gasteiger partial charge in [0.05, 0.1) is 29.9 Å². The summed E-state index contributed by atoms with van der Waals surface area (Å²) in [5.74, 6) is 0.163. The largest absolute Gasteiger partial charge is 0.490 e. The first-order chi connectivity index (χ1) is 11.1. The molecule has 0 bridgehead atoms. The smallest absolute Gasteiger partial charge is 0.337 e. The summed E-state index contributed by atoms with van der Waals surface area (Å²) in [7, 11) is 3.25. The van der Waals surface area contributed by atoms with Crippen LogP contribution in [0.1, 0.15) is 15.9 Å². The van der Waals surface area contributed by atoms with Crippen LogP contribution in [0.15, 0.2) is 30.6 Å². The van der Waals surface area contributed by atoms with E-state index in [9.17, 15) is 4.79 Å². The van der Waals surface area contributed by atoms with Crippen LogP contribution in [0.2, 0.25) is 5.02 Å². The number of carbonyl (C=O) groups is 1. The van der Waals surface area contributed by atoms with Gasteiger partial charge >= 0.3 is 5.97 Å². The maximum atomic E-state index is 11.4. The molecule has 6 nitrogen and oxygen atoms in total. The molecule has 1 fully saturated rings. The number of rotatable bonds is 6. The lowest BCUT2D eigenvalue weighted by Gasteiger charge is -2.09. The molecule has 1 saturated heterocycles. The number of esters is 1. The predicted octanol–water partition coefficient (Wildman–Crippen LogP) is 2.12. The molecule has 7 heteroatoms. The van der Waals surface area contributed by atoms with Gasteiger partial charge in [-0.1, -0.05) is 11.6 Å². The van der Waals surface area contributed by atoms with Crippen molar-refractivity contribution >= 4 is 17.6 Å². The summed E-state index contributed by atoms with van der Waals surface area (Å²) in [4.78, 5) is 13.7. The second-order valence-corrected chi connectivity index (χ2v) is 5.96. The van der Waals surface area contributed by atoms with Crippen LogP contribution < -0.4 is 4.74 Å². The lowest BCUT2D eigenvalue weighted by atomic mass is 10.2. The van der Waals surface area contributed by atoms with E-state index in [1.54, 1.807) is 22.9 Å². The summed E-state index contributed by atoms with van der Waals surface area (Å²) in [6, 6.07) is 5.28. The zero-order chi connectivity index (χ0) is 16.4. The number of aromatic nitrogens is 2. The van der Waals surface area contributed by atoms with Crippen LogP contribution in [0.3, 0.4) is 0 Å². The highest BCUT2D eigenvalue weighted by Gasteiger charge is 2.34. The Morgan fingerprint density at radius 1 is 1.48 bits per heavy atom. The molecule has 1 aliphatic heterocycles. The highest BCUT2D eigenvalue weighted by atomic mass is 35.5. The molecule has 23 heavy (non-hydrogen) atoms. The van der Waals surface area contributed by atoms with Crippen molar-refractivity contribution in [1.29, 1.82) is 0 Å². The first-order valence-electron chi connectivity index (χ1n) is 7.29. The van der Waals surface area contributed by atoms with Crippen LogP contribution in [0.5, 0.6) is 5.75 Å². The normalized spacial score (nSPS) is 19.4. The fourth-order valence-electron chi connectivity index (χ4n) is 2.41. The minimum atomic E-state index is -0.414. The summed E-state index contributed by atoms with van der Waals surface area (Å²) in [6.07, 6.45) is 3.89. The molecule has 2 unspecified atom stereocenters. The molecule has 0 radical (unpaired) electrons. The van der Waals surface area contributed by atoms with Crippen LogP contribution in [0.25, 0.3) is 0 Å². The van der Waals surface area contributed by atoms with Crippen LogP contribution in [-0.2, 0) is 18.3 Å². The standard InChI is InChI=1S/C16H18ClN3O3/c1-19-7-11(6-18-19)8-20-9-13(20)10-23-15-4-3-12(5-14(15)17)16(21)22-2/h3-7,13H,8-10H2,1-2H3. The number of benzene rings is 1. The van der Waals surface area contributed by atoms with Gasteiger partial charge in [-0.15, -0.1) is 0 Å². The second kappa shape index (κ2) is 6.60. The van der Waals surface area contributed by atoms with E-state index in [1.165, 1.54) is 12.7 Å². The highest BCUT2D eigenvalue weighted by molar-refractivity contribution is 6.32. The molecule has 0 saturated carbocycles. The first-order valence-corrected chi connectivity index (χ1v) is 7.67. The Labute approximate surface area is 139 Å². The van der Waals surface area contributed by atoms with E-state index in [1.807, 2.05) is 19.4 Å². The fourth-order valence-corrected chi connectivity index (χ4v) is 2.65. The molecular formula is C16H18ClN3O3. The van der Waals surface area contributed by atoms with Crippen molar-refractivity contribution in [2.75, 3.05) is 20.3 Å². The third-order valence-electron chi connectivity index (χ3n) is 3.76. The van der Waals surface area contributed by atoms with Crippen molar-refractivity contribution in [3.05, 3.63) is 46.7 Å². The molecule has 0 N–H and O–H groups in total. The summed E-state index contributed by atoms with van der Waals surface area (Å²) >= 11 is 6.15. The summed E-state index contributed by atoms with van der Waals surface area (Å²) in [6.45, 7) is 2.43. The highest BCUT2D eigenvalue weighted by Crippen LogP contribution is 2.28. The minimum absolute atomic E-state index is 0.381. The molecule has 2 atom stereocenters. The Morgan fingerprint density at radius 2 is 2.30 bits per heavy atom. The van der Waals surface area contributed by atoms with Gasteiger partial charge in [-0.25, -0.2) is 4.79 Å². The van der Waals surface area contributed by atoms with E-state index in [0.29, 0.717) is 29.0 Å². The Hall–Kier alpha value is -2.05. The molecular weight excluding hydrogens is 318 g/mol. The number of halogens is 1. The minimum Gasteiger partial charge on any atom is -0.490 e. The Bertz CT molecular complexity index is 716. The van der Waals surface area contributed by atoms with Gasteiger partial charge < -0.3 is 9.47 Å². The van der Waals surface area contributed by atoms with Crippen LogP contribution in [-0.4, -0.2) is 47.0 Å². The van der Waals surface area contributed by atoms with Gasteiger partial charge in [0.2, 0.25) is 0 Å². The van der Waals surface area contributed by atoms with Crippen LogP contribution in [0, 0.1) is 0 Å². The van der Waals surface area contributed by atoms with Crippen molar-refractivity contribution in [1.82, 2.24) is 14.7 Å². The fraction of sp³-hybridized carbons (Fsp3) is 0.375. The Morgan fingerprint density at radius 3 is 2.96 bits per heavy atom. The lowest BCUT2D eigenvalue weighted by molar-refractivity contribution is 0.0600. The van der Waals surface area contributed by atoms with E-state index in [-0.39, 0.29) is 0 Å². The molecule has 0 spiro atoms. The van der Waals surface area contributed by atoms with E-state index >= 15 is 0 Å². The Kier molecular flexibility index (Phi) is 4.54. The quantitative estimate of drug-likeness (QED) is 0.598. The molecule has 1 aromatic carbocycles. The molecule has 0 aliphatic carbocycles. The zero-order valence-electron chi connectivity index (χ0n) is 13.0. The van der Waals surface area contributed by atoms with E-state index in [0.717, 1.165) is 13.1 Å². The van der Waals surface area contributed by atoms with Gasteiger partial charge in [0, 0.05) is 31.9 Å². The average molecular weight is 336 g/mol. The first kappa shape index (κ1) is 15.8. The average Bonchev–Trinajstić information content (AvgIpc) is 3.15. The monoisotopic (exact) mass is 335 g/mol. The predicted molar refractivity (Wildman–Crippen MR) is 85.7 cm³/mol. The van der Waals surface area contributed by atoms with Gasteiger partial charge in [-0.05, 0) is 18.2 Å². The topological polar surface area (TPSA) is 56.4 Å². The maximum Gasteiger partial charge on any atom is 0.337 e. The molecule has 122 valence electrons. The van der Waals surface area contributed by atoms with Crippen molar-refractivity contribution in [2.24, 2.45) is 7.05 Å². The molecule has 3 rings (SSSR count). The molecule has 1 aliphatic rings. The number of methoxy groups -OCH3 is 1. The van der Waals surface area contributed by atoms with Crippen molar-refractivity contribution in [3.8, 4) is 5.75 Å². The van der Waals surface area contributed by atoms with Gasteiger partial charge in [0.15, 0.2) is 0 Å². The van der Waals surface area contributed by atoms with Crippen LogP contribution >= 0.6 is 11.6 Å². The summed E-state index contributed by atoms with van der Waals surface area (Å²) < 4.78 is 12.2. The summed E-state index contributed by atoms with van der Waals surface area (Å²) in [5.41, 5.74) is 1.60. The SMILES string of the molecule is COC(=O)c1ccc(OCC2CN2Cc2cnn(C)c2)c(Cl)c1. The number of nitrogens with zero attached hydrogens (tertiary/aromatic N) is 3. The summed E-state index contributed by atoms with van der Waals surface area (Å²) in [5, 5.41) is 4.57. The number of ether oxygens (including phenoxy) is 2. The van der Waals surface area contributed by atoms with Crippen molar-refractivity contribution in [3.63, 3.8) is 0 Å². The van der Waals surface area contributed by atoms with Gasteiger partial charge in [0.25, 0.3) is 0 Å². The lowest BCUT2D eigenvalue weighted by Crippen LogP contribution is -2.11. The van der Waals surface area contributed by atoms with E-state index in [4.69, 9.17) is 16.3 Å². The van der Waals surface area contributed by atoms with E-state index < -0.39 is 5.97 Å². The van der Waals surface area contributed by atoms with Gasteiger partial charge in [-0.2, -0.15) is 5.10 Å². The second-order valence-electron chi connectivity index (χ2n) is 5.55.